The average Bonchev–Trinajstić information content (AvgIpc) is 2.88. The molecule has 1 spiro atoms. The highest BCUT2D eigenvalue weighted by Gasteiger charge is 2.38. The molecule has 1 saturated carbocycles. The van der Waals surface area contributed by atoms with E-state index in [4.69, 9.17) is 17.3 Å². The Morgan fingerprint density at radius 2 is 1.81 bits per heavy atom. The first kappa shape index (κ1) is 15.8. The maximum atomic E-state index is 6.30. The quantitative estimate of drug-likeness (QED) is 0.861. The van der Waals surface area contributed by atoms with Crippen molar-refractivity contribution in [1.82, 2.24) is 4.90 Å². The van der Waals surface area contributed by atoms with Crippen molar-refractivity contribution in [3.8, 4) is 0 Å². The van der Waals surface area contributed by atoms with Gasteiger partial charge in [-0.1, -0.05) is 30.9 Å². The van der Waals surface area contributed by atoms with E-state index in [0.29, 0.717) is 11.5 Å². The molecule has 2 heterocycles. The second-order valence-electron chi connectivity index (χ2n) is 7.04. The van der Waals surface area contributed by atoms with Crippen LogP contribution >= 0.6 is 22.9 Å². The van der Waals surface area contributed by atoms with E-state index in [1.807, 2.05) is 6.07 Å². The van der Waals surface area contributed by atoms with Gasteiger partial charge < -0.3 is 5.73 Å². The first-order valence-electron chi connectivity index (χ1n) is 8.35. The minimum absolute atomic E-state index is 0.153. The third-order valence-electron chi connectivity index (χ3n) is 5.55. The highest BCUT2D eigenvalue weighted by Crippen LogP contribution is 2.46. The van der Waals surface area contributed by atoms with Crippen molar-refractivity contribution in [3.63, 3.8) is 0 Å². The SMILES string of the molecule is CC(N)C(c1ccc(Cl)s1)N1CCC2(CCCCC2)CC1. The summed E-state index contributed by atoms with van der Waals surface area (Å²) >= 11 is 7.81. The Bertz CT molecular complexity index is 455. The molecule has 0 radical (unpaired) electrons. The molecule has 1 aliphatic heterocycles. The van der Waals surface area contributed by atoms with Gasteiger partial charge in [0.25, 0.3) is 0 Å². The molecule has 2 N–H and O–H groups in total. The molecule has 4 heteroatoms. The molecule has 2 nitrogen and oxygen atoms in total. The van der Waals surface area contributed by atoms with Gasteiger partial charge in [0.1, 0.15) is 0 Å². The van der Waals surface area contributed by atoms with Gasteiger partial charge in [-0.2, -0.15) is 0 Å². The van der Waals surface area contributed by atoms with Crippen LogP contribution in [0.1, 0.15) is 62.8 Å². The number of thiophene rings is 1. The van der Waals surface area contributed by atoms with E-state index in [1.165, 1.54) is 62.9 Å². The minimum atomic E-state index is 0.153. The molecule has 2 atom stereocenters. The van der Waals surface area contributed by atoms with Crippen molar-refractivity contribution >= 4 is 22.9 Å². The Morgan fingerprint density at radius 3 is 2.33 bits per heavy atom. The molecule has 0 bridgehead atoms. The van der Waals surface area contributed by atoms with Gasteiger partial charge in [0.05, 0.1) is 10.4 Å². The third-order valence-corrected chi connectivity index (χ3v) is 6.85. The van der Waals surface area contributed by atoms with E-state index in [9.17, 15) is 0 Å². The summed E-state index contributed by atoms with van der Waals surface area (Å²) in [5, 5.41) is 0. The highest BCUT2D eigenvalue weighted by molar-refractivity contribution is 7.16. The normalized spacial score (nSPS) is 25.9. The van der Waals surface area contributed by atoms with Crippen LogP contribution < -0.4 is 5.73 Å². The lowest BCUT2D eigenvalue weighted by atomic mass is 9.68. The zero-order valence-corrected chi connectivity index (χ0v) is 14.6. The summed E-state index contributed by atoms with van der Waals surface area (Å²) in [4.78, 5) is 3.93. The molecule has 1 saturated heterocycles. The van der Waals surface area contributed by atoms with Crippen LogP contribution in [0.5, 0.6) is 0 Å². The van der Waals surface area contributed by atoms with Gasteiger partial charge in [-0.3, -0.25) is 4.90 Å². The van der Waals surface area contributed by atoms with Crippen molar-refractivity contribution in [2.24, 2.45) is 11.1 Å². The van der Waals surface area contributed by atoms with Crippen LogP contribution in [0.2, 0.25) is 4.34 Å². The number of nitrogens with two attached hydrogens (primary N) is 1. The fraction of sp³-hybridized carbons (Fsp3) is 0.765. The van der Waals surface area contributed by atoms with Crippen LogP contribution in [0.25, 0.3) is 0 Å². The summed E-state index contributed by atoms with van der Waals surface area (Å²) in [6.45, 7) is 4.52. The van der Waals surface area contributed by atoms with Crippen LogP contribution in [0.4, 0.5) is 0 Å². The molecule has 2 unspecified atom stereocenters. The maximum absolute atomic E-state index is 6.30. The van der Waals surface area contributed by atoms with Crippen molar-refractivity contribution in [1.29, 1.82) is 0 Å². The second-order valence-corrected chi connectivity index (χ2v) is 8.79. The predicted molar refractivity (Wildman–Crippen MR) is 92.0 cm³/mol. The monoisotopic (exact) mass is 326 g/mol. The van der Waals surface area contributed by atoms with E-state index in [0.717, 1.165) is 4.34 Å². The summed E-state index contributed by atoms with van der Waals surface area (Å²) in [7, 11) is 0. The van der Waals surface area contributed by atoms with Gasteiger partial charge in [0.15, 0.2) is 0 Å². The number of hydrogen-bond donors (Lipinski definition) is 1. The fourth-order valence-corrected chi connectivity index (χ4v) is 5.65. The number of likely N-dealkylation sites (tertiary alicyclic amines) is 1. The van der Waals surface area contributed by atoms with Crippen molar-refractivity contribution < 1.29 is 0 Å². The first-order chi connectivity index (χ1) is 10.1. The van der Waals surface area contributed by atoms with Gasteiger partial charge in [-0.15, -0.1) is 11.3 Å². The molecule has 2 fully saturated rings. The van der Waals surface area contributed by atoms with Crippen molar-refractivity contribution in [3.05, 3.63) is 21.3 Å². The Hall–Kier alpha value is -0.0900. The van der Waals surface area contributed by atoms with Crippen LogP contribution in [-0.2, 0) is 0 Å². The van der Waals surface area contributed by atoms with E-state index in [2.05, 4.69) is 17.9 Å². The number of hydrogen-bond acceptors (Lipinski definition) is 3. The number of piperidine rings is 1. The zero-order chi connectivity index (χ0) is 14.9. The second kappa shape index (κ2) is 6.57. The predicted octanol–water partition coefficient (Wildman–Crippen LogP) is 4.84. The highest BCUT2D eigenvalue weighted by atomic mass is 35.5. The minimum Gasteiger partial charge on any atom is -0.326 e. The lowest BCUT2D eigenvalue weighted by Crippen LogP contribution is -2.46. The molecule has 1 aromatic rings. The number of halogens is 1. The molecule has 0 amide bonds. The third kappa shape index (κ3) is 3.47. The van der Waals surface area contributed by atoms with Crippen molar-refractivity contribution in [2.75, 3.05) is 13.1 Å². The van der Waals surface area contributed by atoms with Crippen LogP contribution in [0.15, 0.2) is 12.1 Å². The molecule has 0 aromatic carbocycles. The lowest BCUT2D eigenvalue weighted by Gasteiger charge is -2.47. The van der Waals surface area contributed by atoms with Crippen LogP contribution in [-0.4, -0.2) is 24.0 Å². The molecule has 118 valence electrons. The van der Waals surface area contributed by atoms with Gasteiger partial charge in [0, 0.05) is 10.9 Å². The maximum Gasteiger partial charge on any atom is 0.0931 e. The number of nitrogens with zero attached hydrogens (tertiary/aromatic N) is 1. The van der Waals surface area contributed by atoms with Gasteiger partial charge >= 0.3 is 0 Å². The first-order valence-corrected chi connectivity index (χ1v) is 9.54. The fourth-order valence-electron chi connectivity index (χ4n) is 4.34. The lowest BCUT2D eigenvalue weighted by molar-refractivity contribution is 0.0401. The zero-order valence-electron chi connectivity index (χ0n) is 13.0. The Labute approximate surface area is 137 Å². The average molecular weight is 327 g/mol. The molecule has 1 aliphatic carbocycles. The van der Waals surface area contributed by atoms with E-state index >= 15 is 0 Å². The molecular weight excluding hydrogens is 300 g/mol. The smallest absolute Gasteiger partial charge is 0.0931 e. The van der Waals surface area contributed by atoms with E-state index in [-0.39, 0.29) is 6.04 Å². The standard InChI is InChI=1S/C17H27ClN2S/c1-13(19)16(14-5-6-15(18)21-14)20-11-9-17(10-12-20)7-3-2-4-8-17/h5-6,13,16H,2-4,7-12,19H2,1H3. The van der Waals surface area contributed by atoms with E-state index in [1.54, 1.807) is 11.3 Å². The van der Waals surface area contributed by atoms with Crippen LogP contribution in [0, 0.1) is 5.41 Å². The van der Waals surface area contributed by atoms with Gasteiger partial charge in [0.2, 0.25) is 0 Å². The molecule has 3 rings (SSSR count). The summed E-state index contributed by atoms with van der Waals surface area (Å²) in [6, 6.07) is 4.65. The van der Waals surface area contributed by atoms with Gasteiger partial charge in [-0.05, 0) is 63.2 Å². The van der Waals surface area contributed by atoms with Crippen LogP contribution in [0.3, 0.4) is 0 Å². The van der Waals surface area contributed by atoms with E-state index < -0.39 is 0 Å². The summed E-state index contributed by atoms with van der Waals surface area (Å²) in [5.41, 5.74) is 6.96. The largest absolute Gasteiger partial charge is 0.326 e. The number of rotatable bonds is 3. The van der Waals surface area contributed by atoms with Gasteiger partial charge in [-0.25, -0.2) is 0 Å². The summed E-state index contributed by atoms with van der Waals surface area (Å²) in [5.74, 6) is 0. The molecule has 21 heavy (non-hydrogen) atoms. The molecule has 1 aromatic heterocycles. The topological polar surface area (TPSA) is 29.3 Å². The van der Waals surface area contributed by atoms with Crippen molar-refractivity contribution in [2.45, 2.75) is 64.0 Å². The Morgan fingerprint density at radius 1 is 1.14 bits per heavy atom. The summed E-state index contributed by atoms with van der Waals surface area (Å²) < 4.78 is 0.872. The summed E-state index contributed by atoms with van der Waals surface area (Å²) in [6.07, 6.45) is 9.95. The molecular formula is C17H27ClN2S. The Kier molecular flexibility index (Phi) is 4.94. The Balaban J connectivity index is 1.68. The molecule has 2 aliphatic rings.